The van der Waals surface area contributed by atoms with Gasteiger partial charge in [-0.3, -0.25) is 9.59 Å². The van der Waals surface area contributed by atoms with Gasteiger partial charge in [-0.25, -0.2) is 0 Å². The van der Waals surface area contributed by atoms with E-state index in [1.54, 1.807) is 20.9 Å². The molecular weight excluding hydrogens is 196 g/mol. The van der Waals surface area contributed by atoms with E-state index >= 15 is 0 Å². The molecular formula is C10H14N2O3. The third kappa shape index (κ3) is 1.60. The van der Waals surface area contributed by atoms with Crippen LogP contribution in [0.5, 0.6) is 5.75 Å². The van der Waals surface area contributed by atoms with E-state index in [2.05, 4.69) is 5.32 Å². The van der Waals surface area contributed by atoms with E-state index in [1.165, 1.54) is 11.6 Å². The highest BCUT2D eigenvalue weighted by atomic mass is 16.3. The van der Waals surface area contributed by atoms with Gasteiger partial charge in [-0.2, -0.15) is 0 Å². The lowest BCUT2D eigenvalue weighted by Crippen LogP contribution is -2.31. The van der Waals surface area contributed by atoms with Gasteiger partial charge in [0.25, 0.3) is 11.5 Å². The maximum Gasteiger partial charge on any atom is 0.267 e. The Hall–Kier alpha value is -1.78. The molecule has 0 spiro atoms. The molecule has 1 aromatic rings. The quantitative estimate of drug-likeness (QED) is 0.689. The van der Waals surface area contributed by atoms with Gasteiger partial charge in [0.15, 0.2) is 0 Å². The Kier molecular flexibility index (Phi) is 2.83. The molecule has 0 unspecified atom stereocenters. The van der Waals surface area contributed by atoms with E-state index in [0.717, 1.165) is 0 Å². The first-order valence-electron chi connectivity index (χ1n) is 4.53. The van der Waals surface area contributed by atoms with Gasteiger partial charge in [-0.05, 0) is 13.8 Å². The Morgan fingerprint density at radius 2 is 1.93 bits per heavy atom. The second-order valence-corrected chi connectivity index (χ2v) is 3.38. The Morgan fingerprint density at radius 3 is 2.40 bits per heavy atom. The molecule has 0 aromatic carbocycles. The van der Waals surface area contributed by atoms with Gasteiger partial charge >= 0.3 is 0 Å². The zero-order valence-electron chi connectivity index (χ0n) is 9.21. The number of aromatic hydroxyl groups is 1. The van der Waals surface area contributed by atoms with Crippen molar-refractivity contribution in [3.05, 3.63) is 27.2 Å². The Bertz CT molecular complexity index is 475. The molecule has 15 heavy (non-hydrogen) atoms. The van der Waals surface area contributed by atoms with Crippen LogP contribution in [0.2, 0.25) is 0 Å². The topological polar surface area (TPSA) is 71.3 Å². The van der Waals surface area contributed by atoms with Crippen molar-refractivity contribution in [3.8, 4) is 5.75 Å². The van der Waals surface area contributed by atoms with Crippen molar-refractivity contribution in [2.45, 2.75) is 13.8 Å². The van der Waals surface area contributed by atoms with Crippen LogP contribution in [0.25, 0.3) is 0 Å². The highest BCUT2D eigenvalue weighted by Crippen LogP contribution is 2.21. The van der Waals surface area contributed by atoms with Crippen molar-refractivity contribution in [2.75, 3.05) is 7.05 Å². The van der Waals surface area contributed by atoms with E-state index in [-0.39, 0.29) is 11.3 Å². The number of aromatic nitrogens is 1. The number of pyridine rings is 1. The SMILES string of the molecule is CNC(=O)c1c(O)c(C)c(C)n(C)c1=O. The Balaban J connectivity index is 3.68. The summed E-state index contributed by atoms with van der Waals surface area (Å²) in [7, 11) is 2.98. The van der Waals surface area contributed by atoms with Crippen LogP contribution in [0, 0.1) is 13.8 Å². The molecule has 0 radical (unpaired) electrons. The van der Waals surface area contributed by atoms with Gasteiger partial charge in [0.05, 0.1) is 0 Å². The van der Waals surface area contributed by atoms with Crippen molar-refractivity contribution in [2.24, 2.45) is 7.05 Å². The zero-order valence-corrected chi connectivity index (χ0v) is 9.21. The predicted molar refractivity (Wildman–Crippen MR) is 56.2 cm³/mol. The summed E-state index contributed by atoms with van der Waals surface area (Å²) in [6, 6.07) is 0. The van der Waals surface area contributed by atoms with Crippen LogP contribution >= 0.6 is 0 Å². The normalized spacial score (nSPS) is 10.1. The van der Waals surface area contributed by atoms with Gasteiger partial charge in [0.1, 0.15) is 11.3 Å². The molecule has 0 aliphatic carbocycles. The standard InChI is InChI=1S/C10H14N2O3/c1-5-6(2)12(4)10(15)7(8(5)13)9(14)11-3/h13H,1-4H3,(H,11,14). The van der Waals surface area contributed by atoms with Crippen LogP contribution in [0.1, 0.15) is 21.6 Å². The fourth-order valence-electron chi connectivity index (χ4n) is 1.36. The van der Waals surface area contributed by atoms with E-state index in [4.69, 9.17) is 0 Å². The highest BCUT2D eigenvalue weighted by molar-refractivity contribution is 5.96. The molecule has 1 aromatic heterocycles. The summed E-state index contributed by atoms with van der Waals surface area (Å²) in [4.78, 5) is 23.1. The van der Waals surface area contributed by atoms with Gasteiger partial charge in [0, 0.05) is 25.4 Å². The van der Waals surface area contributed by atoms with Crippen LogP contribution < -0.4 is 10.9 Å². The van der Waals surface area contributed by atoms with Crippen molar-refractivity contribution < 1.29 is 9.90 Å². The summed E-state index contributed by atoms with van der Waals surface area (Å²) in [5.41, 5.74) is 0.485. The number of hydrogen-bond donors (Lipinski definition) is 2. The summed E-state index contributed by atoms with van der Waals surface area (Å²) < 4.78 is 1.35. The first kappa shape index (κ1) is 11.3. The molecule has 1 amide bonds. The number of hydrogen-bond acceptors (Lipinski definition) is 3. The van der Waals surface area contributed by atoms with Crippen LogP contribution in [0.15, 0.2) is 4.79 Å². The first-order chi connectivity index (χ1) is 6.91. The van der Waals surface area contributed by atoms with Crippen molar-refractivity contribution in [3.63, 3.8) is 0 Å². The minimum absolute atomic E-state index is 0.205. The molecule has 0 saturated carbocycles. The lowest BCUT2D eigenvalue weighted by atomic mass is 10.1. The monoisotopic (exact) mass is 210 g/mol. The van der Waals surface area contributed by atoms with E-state index in [9.17, 15) is 14.7 Å². The van der Waals surface area contributed by atoms with Crippen LogP contribution in [-0.2, 0) is 7.05 Å². The number of carbonyl (C=O) groups is 1. The average Bonchev–Trinajstić information content (AvgIpc) is 2.23. The number of nitrogens with one attached hydrogen (secondary N) is 1. The minimum atomic E-state index is -0.573. The first-order valence-corrected chi connectivity index (χ1v) is 4.53. The Morgan fingerprint density at radius 1 is 1.40 bits per heavy atom. The summed E-state index contributed by atoms with van der Waals surface area (Å²) in [5, 5.41) is 12.0. The summed E-state index contributed by atoms with van der Waals surface area (Å²) >= 11 is 0. The van der Waals surface area contributed by atoms with Crippen molar-refractivity contribution in [1.29, 1.82) is 0 Å². The van der Waals surface area contributed by atoms with Gasteiger partial charge in [-0.15, -0.1) is 0 Å². The summed E-state index contributed by atoms with van der Waals surface area (Å²) in [6.45, 7) is 3.38. The molecule has 0 atom stereocenters. The van der Waals surface area contributed by atoms with Crippen molar-refractivity contribution in [1.82, 2.24) is 9.88 Å². The number of rotatable bonds is 1. The molecule has 0 aliphatic heterocycles. The number of carbonyl (C=O) groups excluding carboxylic acids is 1. The molecule has 5 heteroatoms. The fourth-order valence-corrected chi connectivity index (χ4v) is 1.36. The third-order valence-corrected chi connectivity index (χ3v) is 2.61. The lowest BCUT2D eigenvalue weighted by Gasteiger charge is -2.12. The summed E-state index contributed by atoms with van der Waals surface area (Å²) in [6.07, 6.45) is 0. The second kappa shape index (κ2) is 3.76. The largest absolute Gasteiger partial charge is 0.507 e. The predicted octanol–water partition coefficient (Wildman–Crippen LogP) is 0.0673. The average molecular weight is 210 g/mol. The maximum absolute atomic E-state index is 11.7. The van der Waals surface area contributed by atoms with Crippen LogP contribution in [0.3, 0.4) is 0 Å². The van der Waals surface area contributed by atoms with E-state index in [1.807, 2.05) is 0 Å². The van der Waals surface area contributed by atoms with Gasteiger partial charge < -0.3 is 15.0 Å². The number of amides is 1. The molecule has 1 heterocycles. The third-order valence-electron chi connectivity index (χ3n) is 2.61. The van der Waals surface area contributed by atoms with E-state index in [0.29, 0.717) is 11.3 Å². The zero-order chi connectivity index (χ0) is 11.7. The molecule has 2 N–H and O–H groups in total. The highest BCUT2D eigenvalue weighted by Gasteiger charge is 2.19. The minimum Gasteiger partial charge on any atom is -0.507 e. The molecule has 0 bridgehead atoms. The van der Waals surface area contributed by atoms with Crippen LogP contribution in [0.4, 0.5) is 0 Å². The number of nitrogens with zero attached hydrogens (tertiary/aromatic N) is 1. The molecule has 1 rings (SSSR count). The van der Waals surface area contributed by atoms with Gasteiger partial charge in [0.2, 0.25) is 0 Å². The smallest absolute Gasteiger partial charge is 0.267 e. The van der Waals surface area contributed by atoms with Crippen LogP contribution in [-0.4, -0.2) is 22.6 Å². The van der Waals surface area contributed by atoms with E-state index < -0.39 is 11.5 Å². The molecule has 0 fully saturated rings. The molecule has 0 aliphatic rings. The summed E-state index contributed by atoms with van der Waals surface area (Å²) in [5.74, 6) is -0.814. The second-order valence-electron chi connectivity index (χ2n) is 3.38. The van der Waals surface area contributed by atoms with Crippen molar-refractivity contribution >= 4 is 5.91 Å². The molecule has 0 saturated heterocycles. The molecule has 82 valence electrons. The maximum atomic E-state index is 11.7. The fraction of sp³-hybridized carbons (Fsp3) is 0.400. The van der Waals surface area contributed by atoms with Gasteiger partial charge in [-0.1, -0.05) is 0 Å². The Labute approximate surface area is 87.4 Å². The lowest BCUT2D eigenvalue weighted by molar-refractivity contribution is 0.0958. The molecule has 5 nitrogen and oxygen atoms in total.